The summed E-state index contributed by atoms with van der Waals surface area (Å²) in [6, 6.07) is 23.3. The summed E-state index contributed by atoms with van der Waals surface area (Å²) < 4.78 is 24.0. The number of ether oxygens (including phenoxy) is 2. The molecule has 4 aromatic rings. The van der Waals surface area contributed by atoms with Crippen molar-refractivity contribution in [3.05, 3.63) is 78.4 Å². The SMILES string of the molecule is COc1ccc(-c2nc([S+]([O-])c3ccc(C(C)(C)C)cc3)[nH]c2-c2ccc(OC)cc2)cc1. The number of imidazole rings is 1. The maximum absolute atomic E-state index is 13.4. The van der Waals surface area contributed by atoms with Gasteiger partial charge in [0, 0.05) is 11.1 Å². The maximum Gasteiger partial charge on any atom is 0.327 e. The van der Waals surface area contributed by atoms with Gasteiger partial charge in [-0.3, -0.25) is 4.98 Å². The minimum atomic E-state index is -1.45. The molecule has 3 aromatic carbocycles. The van der Waals surface area contributed by atoms with Crippen molar-refractivity contribution in [2.24, 2.45) is 0 Å². The van der Waals surface area contributed by atoms with Crippen LogP contribution in [0.1, 0.15) is 26.3 Å². The predicted molar refractivity (Wildman–Crippen MR) is 132 cm³/mol. The van der Waals surface area contributed by atoms with E-state index in [-0.39, 0.29) is 5.41 Å². The molecule has 0 spiro atoms. The highest BCUT2D eigenvalue weighted by Crippen LogP contribution is 2.34. The minimum Gasteiger partial charge on any atom is -0.604 e. The molecule has 170 valence electrons. The first-order valence-corrected chi connectivity index (χ1v) is 11.9. The normalized spacial score (nSPS) is 12.4. The Bertz CT molecular complexity index is 1140. The number of hydrogen-bond donors (Lipinski definition) is 1. The fraction of sp³-hybridized carbons (Fsp3) is 0.222. The van der Waals surface area contributed by atoms with Gasteiger partial charge in [0.1, 0.15) is 17.2 Å². The number of H-pyrrole nitrogens is 1. The van der Waals surface area contributed by atoms with Crippen LogP contribution in [0.3, 0.4) is 0 Å². The van der Waals surface area contributed by atoms with E-state index in [0.29, 0.717) is 10.1 Å². The molecular formula is C27H28N2O3S. The van der Waals surface area contributed by atoms with Gasteiger partial charge in [0.2, 0.25) is 0 Å². The molecule has 1 aromatic heterocycles. The lowest BCUT2D eigenvalue weighted by Crippen LogP contribution is -2.11. The van der Waals surface area contributed by atoms with Gasteiger partial charge in [-0.1, -0.05) is 32.9 Å². The smallest absolute Gasteiger partial charge is 0.327 e. The van der Waals surface area contributed by atoms with E-state index in [1.54, 1.807) is 14.2 Å². The molecule has 1 N–H and O–H groups in total. The van der Waals surface area contributed by atoms with Crippen molar-refractivity contribution in [1.82, 2.24) is 9.97 Å². The van der Waals surface area contributed by atoms with Crippen LogP contribution in [0.25, 0.3) is 22.5 Å². The quantitative estimate of drug-likeness (QED) is 0.347. The van der Waals surface area contributed by atoms with E-state index in [2.05, 4.69) is 25.8 Å². The predicted octanol–water partition coefficient (Wildman–Crippen LogP) is 6.23. The fourth-order valence-electron chi connectivity index (χ4n) is 3.55. The van der Waals surface area contributed by atoms with E-state index < -0.39 is 11.2 Å². The summed E-state index contributed by atoms with van der Waals surface area (Å²) in [5.74, 6) is 1.54. The van der Waals surface area contributed by atoms with Crippen molar-refractivity contribution in [2.75, 3.05) is 14.2 Å². The molecule has 0 aliphatic carbocycles. The number of hydrogen-bond acceptors (Lipinski definition) is 4. The van der Waals surface area contributed by atoms with Crippen LogP contribution in [-0.2, 0) is 16.6 Å². The number of aromatic amines is 1. The molecule has 0 amide bonds. The Labute approximate surface area is 198 Å². The van der Waals surface area contributed by atoms with Gasteiger partial charge < -0.3 is 14.0 Å². The standard InChI is InChI=1S/C27H28N2O3S/c1-27(2,3)20-10-16-23(17-11-20)33(30)26-28-24(18-6-12-21(31-4)13-7-18)25(29-26)19-8-14-22(32-5)15-9-19/h6-17H,1-5H3,(H,28,29). The van der Waals surface area contributed by atoms with E-state index in [1.165, 1.54) is 5.56 Å². The van der Waals surface area contributed by atoms with E-state index in [1.807, 2.05) is 72.8 Å². The van der Waals surface area contributed by atoms with E-state index in [9.17, 15) is 4.55 Å². The number of aromatic nitrogens is 2. The highest BCUT2D eigenvalue weighted by atomic mass is 32.2. The van der Waals surface area contributed by atoms with Crippen LogP contribution in [-0.4, -0.2) is 28.7 Å². The Balaban J connectivity index is 1.76. The van der Waals surface area contributed by atoms with Gasteiger partial charge in [0.15, 0.2) is 4.90 Å². The van der Waals surface area contributed by atoms with Crippen LogP contribution in [0, 0.1) is 0 Å². The molecule has 0 radical (unpaired) electrons. The summed E-state index contributed by atoms with van der Waals surface area (Å²) in [6.45, 7) is 6.48. The number of nitrogens with zero attached hydrogens (tertiary/aromatic N) is 1. The molecular weight excluding hydrogens is 432 g/mol. The number of benzene rings is 3. The maximum atomic E-state index is 13.4. The molecule has 0 bridgehead atoms. The van der Waals surface area contributed by atoms with Gasteiger partial charge in [0.05, 0.1) is 31.1 Å². The first-order chi connectivity index (χ1) is 15.8. The molecule has 1 unspecified atom stereocenters. The third kappa shape index (κ3) is 4.92. The summed E-state index contributed by atoms with van der Waals surface area (Å²) in [6.07, 6.45) is 0. The molecule has 5 nitrogen and oxygen atoms in total. The Hall–Kier alpha value is -3.22. The fourth-order valence-corrected chi connectivity index (χ4v) is 4.53. The molecule has 0 aliphatic rings. The van der Waals surface area contributed by atoms with Gasteiger partial charge in [-0.25, -0.2) is 0 Å². The van der Waals surface area contributed by atoms with Crippen LogP contribution in [0.2, 0.25) is 0 Å². The number of nitrogens with one attached hydrogen (secondary N) is 1. The van der Waals surface area contributed by atoms with Crippen LogP contribution >= 0.6 is 0 Å². The average molecular weight is 461 g/mol. The second kappa shape index (κ2) is 9.33. The minimum absolute atomic E-state index is 0.0355. The topological polar surface area (TPSA) is 70.2 Å². The Morgan fingerprint density at radius 2 is 1.27 bits per heavy atom. The molecule has 6 heteroatoms. The van der Waals surface area contributed by atoms with Gasteiger partial charge in [-0.2, -0.15) is 4.98 Å². The van der Waals surface area contributed by atoms with Crippen molar-refractivity contribution in [2.45, 2.75) is 36.2 Å². The molecule has 4 rings (SSSR count). The van der Waals surface area contributed by atoms with Crippen LogP contribution in [0.15, 0.2) is 82.8 Å². The van der Waals surface area contributed by atoms with Gasteiger partial charge in [0.25, 0.3) is 0 Å². The van der Waals surface area contributed by atoms with Crippen molar-refractivity contribution in [1.29, 1.82) is 0 Å². The molecule has 1 heterocycles. The molecule has 1 atom stereocenters. The average Bonchev–Trinajstić information content (AvgIpc) is 3.28. The first-order valence-electron chi connectivity index (χ1n) is 10.7. The van der Waals surface area contributed by atoms with Crippen LogP contribution in [0.4, 0.5) is 0 Å². The first kappa shape index (κ1) is 23.0. The summed E-state index contributed by atoms with van der Waals surface area (Å²) >= 11 is -1.45. The number of rotatable bonds is 6. The highest BCUT2D eigenvalue weighted by Gasteiger charge is 2.25. The second-order valence-electron chi connectivity index (χ2n) is 8.77. The third-order valence-corrected chi connectivity index (χ3v) is 6.78. The monoisotopic (exact) mass is 460 g/mol. The summed E-state index contributed by atoms with van der Waals surface area (Å²) in [5.41, 5.74) is 4.61. The van der Waals surface area contributed by atoms with Crippen molar-refractivity contribution in [3.63, 3.8) is 0 Å². The Kier molecular flexibility index (Phi) is 6.49. The van der Waals surface area contributed by atoms with Gasteiger partial charge in [-0.15, -0.1) is 0 Å². The lowest BCUT2D eigenvalue weighted by atomic mass is 9.87. The number of methoxy groups -OCH3 is 2. The zero-order valence-corrected chi connectivity index (χ0v) is 20.3. The van der Waals surface area contributed by atoms with Crippen molar-refractivity contribution in [3.8, 4) is 34.0 Å². The largest absolute Gasteiger partial charge is 0.604 e. The molecule has 0 saturated carbocycles. The lowest BCUT2D eigenvalue weighted by Gasteiger charge is -2.19. The molecule has 0 aliphatic heterocycles. The second-order valence-corrected chi connectivity index (χ2v) is 10.2. The Morgan fingerprint density at radius 1 is 0.758 bits per heavy atom. The van der Waals surface area contributed by atoms with E-state index >= 15 is 0 Å². The zero-order valence-electron chi connectivity index (χ0n) is 19.5. The van der Waals surface area contributed by atoms with E-state index in [4.69, 9.17) is 14.5 Å². The zero-order chi connectivity index (χ0) is 23.6. The van der Waals surface area contributed by atoms with E-state index in [0.717, 1.165) is 34.0 Å². The highest BCUT2D eigenvalue weighted by molar-refractivity contribution is 7.91. The van der Waals surface area contributed by atoms with Crippen LogP contribution in [0.5, 0.6) is 11.5 Å². The summed E-state index contributed by atoms with van der Waals surface area (Å²) in [5, 5.41) is 0.412. The van der Waals surface area contributed by atoms with Crippen molar-refractivity contribution < 1.29 is 14.0 Å². The van der Waals surface area contributed by atoms with Gasteiger partial charge in [-0.05, 0) is 71.6 Å². The summed E-state index contributed by atoms with van der Waals surface area (Å²) in [7, 11) is 3.28. The van der Waals surface area contributed by atoms with Gasteiger partial charge >= 0.3 is 5.16 Å². The Morgan fingerprint density at radius 3 is 1.76 bits per heavy atom. The lowest BCUT2D eigenvalue weighted by molar-refractivity contribution is 0.414. The van der Waals surface area contributed by atoms with Crippen LogP contribution < -0.4 is 9.47 Å². The van der Waals surface area contributed by atoms with Crippen molar-refractivity contribution >= 4 is 11.2 Å². The summed E-state index contributed by atoms with van der Waals surface area (Å²) in [4.78, 5) is 8.80. The third-order valence-electron chi connectivity index (χ3n) is 5.53. The molecule has 0 fully saturated rings. The molecule has 33 heavy (non-hydrogen) atoms. The molecule has 0 saturated heterocycles.